The summed E-state index contributed by atoms with van der Waals surface area (Å²) < 4.78 is 54.3. The number of β-amino-alcohol motifs (C(OH)–C–C–N with tert-alkyl or cyclic N) is 2. The summed E-state index contributed by atoms with van der Waals surface area (Å²) in [6.45, 7) is 4.15. The smallest absolute Gasteiger partial charge is 0.239 e. The van der Waals surface area contributed by atoms with Crippen LogP contribution in [0, 0.1) is 5.92 Å². The molecule has 5 aliphatic rings. The van der Waals surface area contributed by atoms with Crippen LogP contribution in [0.2, 0.25) is 0 Å². The summed E-state index contributed by atoms with van der Waals surface area (Å²) >= 11 is 0. The second kappa shape index (κ2) is 20.9. The van der Waals surface area contributed by atoms with Crippen molar-refractivity contribution in [2.75, 3.05) is 82.6 Å². The molecule has 0 aromatic heterocycles. The Morgan fingerprint density at radius 2 is 1.23 bits per heavy atom. The minimum atomic E-state index is -3.67. The second-order valence-corrected chi connectivity index (χ2v) is 22.2. The lowest BCUT2D eigenvalue weighted by Crippen LogP contribution is -2.49. The number of rotatable bonds is 13. The van der Waals surface area contributed by atoms with E-state index in [1.54, 1.807) is 43.3 Å². The first kappa shape index (κ1) is 49.0. The average Bonchev–Trinajstić information content (AvgIpc) is 3.89. The molecule has 4 heterocycles. The third kappa shape index (κ3) is 12.0. The van der Waals surface area contributed by atoms with Crippen molar-refractivity contribution in [2.24, 2.45) is 5.92 Å². The zero-order valence-corrected chi connectivity index (χ0v) is 39.5. The largest absolute Gasteiger partial charge is 0.497 e. The molecule has 3 fully saturated rings. The number of hydrogen-bond donors (Lipinski definition) is 4. The SMILES string of the molecule is CN(C(=O)Cc1ccc2c(c1)NC(=O)CS2(=O)=O)[C@H](CN1CC[C@H](O)C1)C1CCCCC1.COc1cccc([C@@H](CN2CC[C@H](O)C2)N(C)C(=O)Cc2ccc3c(c2)NC(=O)CS3(=O)=O)c1. The summed E-state index contributed by atoms with van der Waals surface area (Å²) in [6.07, 6.45) is 6.85. The number of aliphatic hydroxyl groups excluding tert-OH is 2. The van der Waals surface area contributed by atoms with Crippen LogP contribution in [0.4, 0.5) is 11.4 Å². The minimum Gasteiger partial charge on any atom is -0.497 e. The van der Waals surface area contributed by atoms with Crippen LogP contribution in [0.25, 0.3) is 0 Å². The number of benzene rings is 3. The van der Waals surface area contributed by atoms with Crippen molar-refractivity contribution in [3.8, 4) is 5.75 Å². The molecule has 4 atom stereocenters. The molecule has 4 amide bonds. The minimum absolute atomic E-state index is 0.0229. The van der Waals surface area contributed by atoms with Crippen molar-refractivity contribution >= 4 is 54.7 Å². The molecule has 358 valence electrons. The molecule has 2 saturated heterocycles. The fourth-order valence-corrected chi connectivity index (χ4v) is 12.4. The summed E-state index contributed by atoms with van der Waals surface area (Å²) in [4.78, 5) is 58.2. The first-order valence-corrected chi connectivity index (χ1v) is 26.0. The van der Waals surface area contributed by atoms with Crippen LogP contribution < -0.4 is 15.4 Å². The normalized spacial score (nSPS) is 22.4. The molecule has 17 nitrogen and oxygen atoms in total. The van der Waals surface area contributed by atoms with E-state index in [0.717, 1.165) is 44.5 Å². The molecule has 1 aliphatic carbocycles. The molecule has 0 bridgehead atoms. The summed E-state index contributed by atoms with van der Waals surface area (Å²) in [6, 6.07) is 16.7. The maximum absolute atomic E-state index is 13.3. The Kier molecular flexibility index (Phi) is 15.5. The van der Waals surface area contributed by atoms with Gasteiger partial charge in [0.2, 0.25) is 23.6 Å². The highest BCUT2D eigenvalue weighted by atomic mass is 32.2. The lowest BCUT2D eigenvalue weighted by Gasteiger charge is -2.39. The topological polar surface area (TPSA) is 223 Å². The molecule has 19 heteroatoms. The van der Waals surface area contributed by atoms with E-state index in [2.05, 4.69) is 20.4 Å². The number of carbonyl (C=O) groups excluding carboxylic acids is 4. The Bertz CT molecular complexity index is 2520. The van der Waals surface area contributed by atoms with Gasteiger partial charge in [0.05, 0.1) is 59.4 Å². The second-order valence-electron chi connectivity index (χ2n) is 18.3. The number of likely N-dealkylation sites (tertiary alicyclic amines) is 2. The predicted molar refractivity (Wildman–Crippen MR) is 247 cm³/mol. The quantitative estimate of drug-likeness (QED) is 0.194. The lowest BCUT2D eigenvalue weighted by molar-refractivity contribution is -0.133. The van der Waals surface area contributed by atoms with Crippen molar-refractivity contribution in [1.82, 2.24) is 19.6 Å². The molecule has 4 aliphatic heterocycles. The maximum atomic E-state index is 13.3. The molecule has 3 aromatic rings. The number of aliphatic hydroxyl groups is 2. The van der Waals surface area contributed by atoms with E-state index in [1.807, 2.05) is 36.2 Å². The molecular formula is C47H62N6O11S2. The standard InChI is InChI=1S/C24H29N3O6S.C23H33N3O5S/c1-26(21(14-27-9-8-18(28)13-27)17-4-3-5-19(12-17)33-2)24(30)11-16-6-7-22-20(10-16)25-23(29)15-34(22,31)32;1-25(20(17-5-3-2-4-6-17)14-26-10-9-18(27)13-26)23(29)12-16-7-8-21-19(11-16)24-22(28)15-32(21,30)31/h3-7,10,12,18,21,28H,8-9,11,13-15H2,1-2H3,(H,25,29);7-8,11,17-18,20,27H,2-6,9-10,12-15H2,1H3,(H,24,28)/t18-,21+;18-,20+/m00/s1. The van der Waals surface area contributed by atoms with Gasteiger partial charge in [0, 0.05) is 59.4 Å². The van der Waals surface area contributed by atoms with Gasteiger partial charge in [0.1, 0.15) is 17.3 Å². The van der Waals surface area contributed by atoms with Gasteiger partial charge in [-0.3, -0.25) is 29.0 Å². The van der Waals surface area contributed by atoms with Gasteiger partial charge in [-0.15, -0.1) is 0 Å². The van der Waals surface area contributed by atoms with Crippen LogP contribution in [0.1, 0.15) is 67.7 Å². The molecule has 0 spiro atoms. The van der Waals surface area contributed by atoms with E-state index >= 15 is 0 Å². The first-order valence-electron chi connectivity index (χ1n) is 22.7. The Hall–Kier alpha value is -4.92. The first-order chi connectivity index (χ1) is 31.4. The molecule has 4 N–H and O–H groups in total. The lowest BCUT2D eigenvalue weighted by atomic mass is 9.83. The summed E-state index contributed by atoms with van der Waals surface area (Å²) in [5.74, 6) is -1.30. The number of anilines is 2. The van der Waals surface area contributed by atoms with Crippen molar-refractivity contribution in [3.05, 3.63) is 77.4 Å². The maximum Gasteiger partial charge on any atom is 0.239 e. The highest BCUT2D eigenvalue weighted by Gasteiger charge is 2.35. The Morgan fingerprint density at radius 1 is 0.712 bits per heavy atom. The molecule has 3 aromatic carbocycles. The Balaban J connectivity index is 0.000000197. The van der Waals surface area contributed by atoms with Crippen LogP contribution in [-0.2, 0) is 51.7 Å². The predicted octanol–water partition coefficient (Wildman–Crippen LogP) is 2.66. The monoisotopic (exact) mass is 950 g/mol. The van der Waals surface area contributed by atoms with E-state index in [4.69, 9.17) is 4.74 Å². The van der Waals surface area contributed by atoms with E-state index in [0.29, 0.717) is 48.8 Å². The van der Waals surface area contributed by atoms with Crippen LogP contribution >= 0.6 is 0 Å². The number of hydrogen-bond acceptors (Lipinski definition) is 13. The fraction of sp³-hybridized carbons (Fsp3) is 0.532. The van der Waals surface area contributed by atoms with Gasteiger partial charge in [-0.25, -0.2) is 16.8 Å². The van der Waals surface area contributed by atoms with E-state index in [-0.39, 0.29) is 70.1 Å². The number of nitrogens with zero attached hydrogens (tertiary/aromatic N) is 4. The molecule has 1 saturated carbocycles. The number of sulfone groups is 2. The van der Waals surface area contributed by atoms with Gasteiger partial charge in [-0.05, 0) is 84.7 Å². The van der Waals surface area contributed by atoms with Crippen molar-refractivity contribution < 1.29 is 51.0 Å². The van der Waals surface area contributed by atoms with Gasteiger partial charge in [0.15, 0.2) is 19.7 Å². The molecule has 8 rings (SSSR count). The Morgan fingerprint density at radius 3 is 1.73 bits per heavy atom. The van der Waals surface area contributed by atoms with Crippen molar-refractivity contribution in [2.45, 2.75) is 91.9 Å². The molecule has 66 heavy (non-hydrogen) atoms. The van der Waals surface area contributed by atoms with Gasteiger partial charge in [-0.2, -0.15) is 0 Å². The van der Waals surface area contributed by atoms with Gasteiger partial charge in [0.25, 0.3) is 0 Å². The number of methoxy groups -OCH3 is 1. The van der Waals surface area contributed by atoms with Crippen LogP contribution in [-0.4, -0.2) is 161 Å². The number of likely N-dealkylation sites (N-methyl/N-ethyl adjacent to an activating group) is 2. The average molecular weight is 951 g/mol. The highest BCUT2D eigenvalue weighted by Crippen LogP contribution is 2.33. The van der Waals surface area contributed by atoms with Gasteiger partial charge in [-0.1, -0.05) is 43.5 Å². The number of amides is 4. The van der Waals surface area contributed by atoms with Crippen molar-refractivity contribution in [1.29, 1.82) is 0 Å². The van der Waals surface area contributed by atoms with Crippen LogP contribution in [0.5, 0.6) is 5.75 Å². The molecular weight excluding hydrogens is 889 g/mol. The van der Waals surface area contributed by atoms with E-state index < -0.39 is 43.0 Å². The summed E-state index contributed by atoms with van der Waals surface area (Å²) in [5.41, 5.74) is 2.66. The zero-order valence-electron chi connectivity index (χ0n) is 37.9. The van der Waals surface area contributed by atoms with Gasteiger partial charge < -0.3 is 35.4 Å². The summed E-state index contributed by atoms with van der Waals surface area (Å²) in [7, 11) is -2.11. The third-order valence-corrected chi connectivity index (χ3v) is 16.8. The number of carbonyl (C=O) groups is 4. The summed E-state index contributed by atoms with van der Waals surface area (Å²) in [5, 5.41) is 25.1. The number of ether oxygens (including phenoxy) is 1. The van der Waals surface area contributed by atoms with Crippen LogP contribution in [0.15, 0.2) is 70.5 Å². The molecule has 0 radical (unpaired) electrons. The number of nitrogens with one attached hydrogen (secondary N) is 2. The van der Waals surface area contributed by atoms with E-state index in [1.165, 1.54) is 31.4 Å². The third-order valence-electron chi connectivity index (χ3n) is 13.5. The molecule has 0 unspecified atom stereocenters. The van der Waals surface area contributed by atoms with Gasteiger partial charge >= 0.3 is 0 Å². The Labute approximate surface area is 387 Å². The van der Waals surface area contributed by atoms with E-state index in [9.17, 15) is 46.2 Å². The zero-order chi connectivity index (χ0) is 47.3. The van der Waals surface area contributed by atoms with Crippen LogP contribution in [0.3, 0.4) is 0 Å². The highest BCUT2D eigenvalue weighted by molar-refractivity contribution is 7.92. The number of fused-ring (bicyclic) bond motifs is 2. The van der Waals surface area contributed by atoms with Crippen molar-refractivity contribution in [3.63, 3.8) is 0 Å². The fourth-order valence-electron chi connectivity index (χ4n) is 9.81.